The zero-order valence-electron chi connectivity index (χ0n) is 20.5. The van der Waals surface area contributed by atoms with Crippen molar-refractivity contribution in [3.8, 4) is 11.5 Å². The maximum absolute atomic E-state index is 12.4. The molecule has 3 aromatic carbocycles. The van der Waals surface area contributed by atoms with Crippen molar-refractivity contribution in [3.63, 3.8) is 0 Å². The van der Waals surface area contributed by atoms with Gasteiger partial charge in [-0.3, -0.25) is 0 Å². The molecule has 2 unspecified atom stereocenters. The van der Waals surface area contributed by atoms with Crippen molar-refractivity contribution in [2.45, 2.75) is 64.3 Å². The van der Waals surface area contributed by atoms with Gasteiger partial charge < -0.3 is 19.7 Å². The third-order valence-corrected chi connectivity index (χ3v) is 6.33. The zero-order chi connectivity index (χ0) is 25.0. The van der Waals surface area contributed by atoms with Gasteiger partial charge in [0.05, 0.1) is 0 Å². The molecule has 0 aromatic heterocycles. The molecule has 5 nitrogen and oxygen atoms in total. The molecule has 0 amide bonds. The van der Waals surface area contributed by atoms with Gasteiger partial charge in [0.15, 0.2) is 0 Å². The first-order valence-corrected chi connectivity index (χ1v) is 11.5. The number of rotatable bonds is 9. The summed E-state index contributed by atoms with van der Waals surface area (Å²) in [5, 5.41) is 21.8. The van der Waals surface area contributed by atoms with E-state index in [1.807, 2.05) is 42.5 Å². The molecule has 0 aliphatic carbocycles. The van der Waals surface area contributed by atoms with Crippen molar-refractivity contribution in [1.82, 2.24) is 0 Å². The zero-order valence-corrected chi connectivity index (χ0v) is 20.5. The molecule has 3 rings (SSSR count). The van der Waals surface area contributed by atoms with Gasteiger partial charge in [0, 0.05) is 0 Å². The number of carboxylic acids is 1. The average molecular weight is 463 g/mol. The molecule has 2 atom stereocenters. The number of aliphatic hydroxyl groups is 1. The Labute approximate surface area is 202 Å². The van der Waals surface area contributed by atoms with Crippen molar-refractivity contribution >= 4 is 5.97 Å². The van der Waals surface area contributed by atoms with Gasteiger partial charge in [-0.2, -0.15) is 0 Å². The first-order valence-electron chi connectivity index (χ1n) is 11.5. The highest BCUT2D eigenvalue weighted by Gasteiger charge is 2.55. The van der Waals surface area contributed by atoms with E-state index in [0.717, 1.165) is 11.1 Å². The summed E-state index contributed by atoms with van der Waals surface area (Å²) in [5.74, 6) is -0.240. The number of benzene rings is 3. The molecule has 0 saturated carbocycles. The maximum Gasteiger partial charge on any atom is 0.351 e. The minimum absolute atomic E-state index is 0.0386. The van der Waals surface area contributed by atoms with Crippen molar-refractivity contribution in [2.24, 2.45) is 0 Å². The fourth-order valence-electron chi connectivity index (χ4n) is 3.95. The van der Waals surface area contributed by atoms with E-state index in [-0.39, 0.29) is 11.8 Å². The Kier molecular flexibility index (Phi) is 7.37. The predicted octanol–water partition coefficient (Wildman–Crippen LogP) is 6.08. The molecular formula is C29H34O5. The van der Waals surface area contributed by atoms with Crippen LogP contribution in [0.1, 0.15) is 57.7 Å². The van der Waals surface area contributed by atoms with Crippen molar-refractivity contribution < 1.29 is 24.5 Å². The van der Waals surface area contributed by atoms with Crippen LogP contribution in [0.4, 0.5) is 0 Å². The van der Waals surface area contributed by atoms with Gasteiger partial charge in [-0.15, -0.1) is 0 Å². The van der Waals surface area contributed by atoms with Crippen LogP contribution in [0.15, 0.2) is 78.9 Å². The third kappa shape index (κ3) is 5.26. The molecule has 34 heavy (non-hydrogen) atoms. The minimum Gasteiger partial charge on any atom is -0.489 e. The molecule has 0 heterocycles. The molecule has 0 fully saturated rings. The highest BCUT2D eigenvalue weighted by Crippen LogP contribution is 2.40. The average Bonchev–Trinajstić information content (AvgIpc) is 2.82. The number of carbonyl (C=O) groups is 1. The third-order valence-electron chi connectivity index (χ3n) is 6.33. The first-order chi connectivity index (χ1) is 16.0. The van der Waals surface area contributed by atoms with Gasteiger partial charge in [-0.25, -0.2) is 4.79 Å². The van der Waals surface area contributed by atoms with Gasteiger partial charge in [0.25, 0.3) is 0 Å². The lowest BCUT2D eigenvalue weighted by Gasteiger charge is -2.41. The summed E-state index contributed by atoms with van der Waals surface area (Å²) in [7, 11) is 0. The summed E-state index contributed by atoms with van der Waals surface area (Å²) in [6, 6.07) is 24.0. The van der Waals surface area contributed by atoms with Crippen molar-refractivity contribution in [2.75, 3.05) is 0 Å². The number of aliphatic carboxylic acids is 1. The second-order valence-corrected chi connectivity index (χ2v) is 9.73. The fourth-order valence-corrected chi connectivity index (χ4v) is 3.95. The van der Waals surface area contributed by atoms with Gasteiger partial charge in [0.2, 0.25) is 5.60 Å². The summed E-state index contributed by atoms with van der Waals surface area (Å²) in [5.41, 5.74) is -1.15. The monoisotopic (exact) mass is 462 g/mol. The highest BCUT2D eigenvalue weighted by atomic mass is 16.5. The van der Waals surface area contributed by atoms with E-state index in [4.69, 9.17) is 9.47 Å². The lowest BCUT2D eigenvalue weighted by molar-refractivity contribution is -0.185. The van der Waals surface area contributed by atoms with E-state index in [9.17, 15) is 15.0 Å². The lowest BCUT2D eigenvalue weighted by Crippen LogP contribution is -2.58. The summed E-state index contributed by atoms with van der Waals surface area (Å²) in [6.07, 6.45) is 0.139. The topological polar surface area (TPSA) is 76.0 Å². The minimum atomic E-state index is -1.92. The van der Waals surface area contributed by atoms with Gasteiger partial charge in [0.1, 0.15) is 23.7 Å². The molecule has 0 radical (unpaired) electrons. The Morgan fingerprint density at radius 3 is 1.82 bits per heavy atom. The van der Waals surface area contributed by atoms with Gasteiger partial charge >= 0.3 is 5.97 Å². The van der Waals surface area contributed by atoms with Crippen molar-refractivity contribution in [3.05, 3.63) is 95.6 Å². The second-order valence-electron chi connectivity index (χ2n) is 9.73. The van der Waals surface area contributed by atoms with E-state index >= 15 is 0 Å². The van der Waals surface area contributed by atoms with E-state index in [0.29, 0.717) is 23.7 Å². The van der Waals surface area contributed by atoms with E-state index in [1.54, 1.807) is 43.3 Å². The Morgan fingerprint density at radius 2 is 1.32 bits per heavy atom. The van der Waals surface area contributed by atoms with Crippen LogP contribution in [0.25, 0.3) is 0 Å². The number of hydrogen-bond donors (Lipinski definition) is 2. The van der Waals surface area contributed by atoms with Crippen molar-refractivity contribution in [1.29, 1.82) is 0 Å². The van der Waals surface area contributed by atoms with Crippen LogP contribution >= 0.6 is 0 Å². The Hall–Kier alpha value is -3.31. The maximum atomic E-state index is 12.4. The van der Waals surface area contributed by atoms with Crippen LogP contribution in [0.2, 0.25) is 0 Å². The summed E-state index contributed by atoms with van der Waals surface area (Å²) in [4.78, 5) is 12.4. The number of hydrogen-bond acceptors (Lipinski definition) is 4. The fraction of sp³-hybridized carbons (Fsp3) is 0.345. The van der Waals surface area contributed by atoms with Crippen LogP contribution in [0.5, 0.6) is 11.5 Å². The molecule has 3 aromatic rings. The summed E-state index contributed by atoms with van der Waals surface area (Å²) < 4.78 is 11.8. The number of carboxylic acid groups (broad SMARTS) is 1. The molecule has 2 N–H and O–H groups in total. The molecular weight excluding hydrogens is 428 g/mol. The first kappa shape index (κ1) is 25.3. The standard InChI is InChI=1S/C29H34O5/c1-6-29(32,23-14-16-24(17-15-23)33-20-21-10-8-7-9-11-21)28(5,26(30)31)34-25-18-12-22(13-19-25)27(2,3)4/h7-19,32H,6,20H2,1-5H3,(H,30,31). The predicted molar refractivity (Wildman–Crippen MR) is 133 cm³/mol. The molecule has 180 valence electrons. The molecule has 0 spiro atoms. The van der Waals surface area contributed by atoms with Crippen LogP contribution in [-0.4, -0.2) is 21.8 Å². The second kappa shape index (κ2) is 9.90. The van der Waals surface area contributed by atoms with Gasteiger partial charge in [-0.1, -0.05) is 82.3 Å². The highest BCUT2D eigenvalue weighted by molar-refractivity contribution is 5.80. The van der Waals surface area contributed by atoms with E-state index < -0.39 is 17.2 Å². The summed E-state index contributed by atoms with van der Waals surface area (Å²) >= 11 is 0. The summed E-state index contributed by atoms with van der Waals surface area (Å²) in [6.45, 7) is 9.88. The smallest absolute Gasteiger partial charge is 0.351 e. The lowest BCUT2D eigenvalue weighted by atomic mass is 9.76. The van der Waals surface area contributed by atoms with Gasteiger partial charge in [-0.05, 0) is 59.7 Å². The SMILES string of the molecule is CCC(O)(c1ccc(OCc2ccccc2)cc1)C(C)(Oc1ccc(C(C)(C)C)cc1)C(=O)O. The molecule has 0 bridgehead atoms. The normalized spacial score (nSPS) is 15.1. The Bertz CT molecular complexity index is 1080. The quantitative estimate of drug-likeness (QED) is 0.403. The number of ether oxygens (including phenoxy) is 2. The van der Waals surface area contributed by atoms with E-state index in [1.165, 1.54) is 6.92 Å². The Morgan fingerprint density at radius 1 is 0.794 bits per heavy atom. The van der Waals surface area contributed by atoms with E-state index in [2.05, 4.69) is 20.8 Å². The van der Waals surface area contributed by atoms with Crippen LogP contribution in [0.3, 0.4) is 0 Å². The molecule has 0 aliphatic heterocycles. The van der Waals surface area contributed by atoms with Crippen LogP contribution < -0.4 is 9.47 Å². The molecule has 0 aliphatic rings. The van der Waals surface area contributed by atoms with Crippen LogP contribution in [-0.2, 0) is 22.4 Å². The largest absolute Gasteiger partial charge is 0.489 e. The molecule has 5 heteroatoms. The molecule has 0 saturated heterocycles. The Balaban J connectivity index is 1.85. The van der Waals surface area contributed by atoms with Crippen LogP contribution in [0, 0.1) is 0 Å².